The Morgan fingerprint density at radius 1 is 1.31 bits per heavy atom. The maximum atomic E-state index is 9.75. The Morgan fingerprint density at radius 3 is 2.69 bits per heavy atom. The third kappa shape index (κ3) is 3.08. The number of hydrogen-bond donors (Lipinski definition) is 2. The summed E-state index contributed by atoms with van der Waals surface area (Å²) in [5.74, 6) is 3.08. The lowest BCUT2D eigenvalue weighted by molar-refractivity contribution is 0.144. The van der Waals surface area contributed by atoms with Crippen molar-refractivity contribution >= 4 is 0 Å². The topological polar surface area (TPSA) is 32.3 Å². The van der Waals surface area contributed by atoms with Crippen LogP contribution in [0.1, 0.15) is 33.1 Å². The lowest BCUT2D eigenvalue weighted by Crippen LogP contribution is -2.32. The van der Waals surface area contributed by atoms with Gasteiger partial charge in [0.25, 0.3) is 0 Å². The lowest BCUT2D eigenvalue weighted by Gasteiger charge is -2.20. The van der Waals surface area contributed by atoms with E-state index in [0.717, 1.165) is 37.3 Å². The zero-order valence-electron chi connectivity index (χ0n) is 10.5. The SMILES string of the molecule is CC(C)CC(O)CNCC1CC2C=CC1C2. The normalized spacial score (nSPS) is 33.9. The average Bonchev–Trinajstić information content (AvgIpc) is 2.77. The van der Waals surface area contributed by atoms with Gasteiger partial charge in [0, 0.05) is 6.54 Å². The summed E-state index contributed by atoms with van der Waals surface area (Å²) >= 11 is 0. The molecule has 0 heterocycles. The number of allylic oxidation sites excluding steroid dienone is 2. The standard InChI is InChI=1S/C14H25NO/c1-10(2)5-14(16)9-15-8-13-7-11-3-4-12(13)6-11/h3-4,10-16H,5-9H2,1-2H3. The Kier molecular flexibility index (Phi) is 4.04. The minimum atomic E-state index is -0.172. The summed E-state index contributed by atoms with van der Waals surface area (Å²) in [4.78, 5) is 0. The van der Waals surface area contributed by atoms with E-state index < -0.39 is 0 Å². The van der Waals surface area contributed by atoms with Gasteiger partial charge < -0.3 is 10.4 Å². The number of hydrogen-bond acceptors (Lipinski definition) is 2. The molecule has 2 bridgehead atoms. The fourth-order valence-electron chi connectivity index (χ4n) is 3.19. The van der Waals surface area contributed by atoms with Crippen molar-refractivity contribution in [2.75, 3.05) is 13.1 Å². The second-order valence-electron chi connectivity index (χ2n) is 5.98. The first-order chi connectivity index (χ1) is 7.65. The van der Waals surface area contributed by atoms with Gasteiger partial charge in [0.2, 0.25) is 0 Å². The first kappa shape index (κ1) is 12.1. The van der Waals surface area contributed by atoms with E-state index in [9.17, 15) is 5.11 Å². The molecule has 2 heteroatoms. The molecule has 4 atom stereocenters. The largest absolute Gasteiger partial charge is 0.392 e. The van der Waals surface area contributed by atoms with Crippen LogP contribution in [0.15, 0.2) is 12.2 Å². The summed E-state index contributed by atoms with van der Waals surface area (Å²) in [6.45, 7) is 6.16. The molecule has 2 aliphatic rings. The summed E-state index contributed by atoms with van der Waals surface area (Å²) < 4.78 is 0. The quantitative estimate of drug-likeness (QED) is 0.677. The van der Waals surface area contributed by atoms with E-state index >= 15 is 0 Å². The van der Waals surface area contributed by atoms with E-state index in [2.05, 4.69) is 31.3 Å². The highest BCUT2D eigenvalue weighted by atomic mass is 16.3. The fourth-order valence-corrected chi connectivity index (χ4v) is 3.19. The zero-order chi connectivity index (χ0) is 11.5. The molecule has 2 N–H and O–H groups in total. The molecular formula is C14H25NO. The van der Waals surface area contributed by atoms with Gasteiger partial charge in [-0.05, 0) is 49.5 Å². The van der Waals surface area contributed by atoms with Gasteiger partial charge in [0.1, 0.15) is 0 Å². The molecule has 0 aromatic rings. The van der Waals surface area contributed by atoms with Crippen LogP contribution in [0.3, 0.4) is 0 Å². The molecule has 0 saturated heterocycles. The van der Waals surface area contributed by atoms with E-state index in [1.165, 1.54) is 12.8 Å². The van der Waals surface area contributed by atoms with Crippen LogP contribution in [0.25, 0.3) is 0 Å². The molecule has 1 fully saturated rings. The van der Waals surface area contributed by atoms with Crippen LogP contribution in [0, 0.1) is 23.7 Å². The molecule has 2 nitrogen and oxygen atoms in total. The summed E-state index contributed by atoms with van der Waals surface area (Å²) in [5, 5.41) is 13.2. The summed E-state index contributed by atoms with van der Waals surface area (Å²) in [7, 11) is 0. The predicted octanol–water partition coefficient (Wildman–Crippen LogP) is 2.20. The zero-order valence-corrected chi connectivity index (χ0v) is 10.5. The Balaban J connectivity index is 1.60. The Bertz CT molecular complexity index is 249. The van der Waals surface area contributed by atoms with E-state index in [-0.39, 0.29) is 6.10 Å². The maximum absolute atomic E-state index is 9.75. The highest BCUT2D eigenvalue weighted by Crippen LogP contribution is 2.42. The molecule has 2 rings (SSSR count). The molecule has 4 unspecified atom stereocenters. The monoisotopic (exact) mass is 223 g/mol. The summed E-state index contributed by atoms with van der Waals surface area (Å²) in [6.07, 6.45) is 8.24. The van der Waals surface area contributed by atoms with Crippen LogP contribution in [-0.2, 0) is 0 Å². The molecule has 0 amide bonds. The molecule has 92 valence electrons. The lowest BCUT2D eigenvalue weighted by atomic mass is 9.93. The van der Waals surface area contributed by atoms with E-state index in [1.54, 1.807) is 0 Å². The van der Waals surface area contributed by atoms with Crippen LogP contribution in [0.2, 0.25) is 0 Å². The second kappa shape index (κ2) is 5.33. The van der Waals surface area contributed by atoms with Crippen LogP contribution >= 0.6 is 0 Å². The first-order valence-corrected chi connectivity index (χ1v) is 6.72. The van der Waals surface area contributed by atoms with Gasteiger partial charge in [-0.2, -0.15) is 0 Å². The molecule has 0 aromatic heterocycles. The third-order valence-electron chi connectivity index (χ3n) is 3.95. The molecule has 1 saturated carbocycles. The third-order valence-corrected chi connectivity index (χ3v) is 3.95. The number of aliphatic hydroxyl groups is 1. The van der Waals surface area contributed by atoms with Crippen LogP contribution in [0.5, 0.6) is 0 Å². The predicted molar refractivity (Wildman–Crippen MR) is 67.2 cm³/mol. The van der Waals surface area contributed by atoms with Gasteiger partial charge in [-0.1, -0.05) is 26.0 Å². The highest BCUT2D eigenvalue weighted by Gasteiger charge is 2.34. The van der Waals surface area contributed by atoms with Gasteiger partial charge in [-0.15, -0.1) is 0 Å². The smallest absolute Gasteiger partial charge is 0.0667 e. The second-order valence-corrected chi connectivity index (χ2v) is 5.98. The van der Waals surface area contributed by atoms with Gasteiger partial charge in [0.15, 0.2) is 0 Å². The average molecular weight is 223 g/mol. The molecule has 0 aliphatic heterocycles. The molecule has 16 heavy (non-hydrogen) atoms. The first-order valence-electron chi connectivity index (χ1n) is 6.72. The van der Waals surface area contributed by atoms with Gasteiger partial charge in [-0.3, -0.25) is 0 Å². The molecule has 0 aromatic carbocycles. The minimum Gasteiger partial charge on any atom is -0.392 e. The van der Waals surface area contributed by atoms with Crippen LogP contribution in [0.4, 0.5) is 0 Å². The van der Waals surface area contributed by atoms with Crippen molar-refractivity contribution in [3.05, 3.63) is 12.2 Å². The van der Waals surface area contributed by atoms with Gasteiger partial charge in [0.05, 0.1) is 6.10 Å². The van der Waals surface area contributed by atoms with Crippen molar-refractivity contribution in [3.8, 4) is 0 Å². The number of nitrogens with one attached hydrogen (secondary N) is 1. The van der Waals surface area contributed by atoms with Crippen LogP contribution < -0.4 is 5.32 Å². The summed E-state index contributed by atoms with van der Waals surface area (Å²) in [6, 6.07) is 0. The van der Waals surface area contributed by atoms with Crippen molar-refractivity contribution in [2.45, 2.75) is 39.2 Å². The van der Waals surface area contributed by atoms with E-state index in [4.69, 9.17) is 0 Å². The van der Waals surface area contributed by atoms with Crippen molar-refractivity contribution in [3.63, 3.8) is 0 Å². The number of fused-ring (bicyclic) bond motifs is 2. The van der Waals surface area contributed by atoms with Crippen molar-refractivity contribution in [2.24, 2.45) is 23.7 Å². The van der Waals surface area contributed by atoms with Gasteiger partial charge in [-0.25, -0.2) is 0 Å². The van der Waals surface area contributed by atoms with Gasteiger partial charge >= 0.3 is 0 Å². The maximum Gasteiger partial charge on any atom is 0.0667 e. The Morgan fingerprint density at radius 2 is 2.12 bits per heavy atom. The Labute approximate surface area is 99.1 Å². The summed E-state index contributed by atoms with van der Waals surface area (Å²) in [5.41, 5.74) is 0. The molecule has 0 radical (unpaired) electrons. The van der Waals surface area contributed by atoms with E-state index in [1.807, 2.05) is 0 Å². The Hall–Kier alpha value is -0.340. The number of aliphatic hydroxyl groups excluding tert-OH is 1. The number of rotatable bonds is 6. The van der Waals surface area contributed by atoms with Crippen LogP contribution in [-0.4, -0.2) is 24.3 Å². The highest BCUT2D eigenvalue weighted by molar-refractivity contribution is 5.10. The van der Waals surface area contributed by atoms with Crippen molar-refractivity contribution in [1.29, 1.82) is 0 Å². The molecule has 2 aliphatic carbocycles. The fraction of sp³-hybridized carbons (Fsp3) is 0.857. The van der Waals surface area contributed by atoms with Crippen molar-refractivity contribution < 1.29 is 5.11 Å². The minimum absolute atomic E-state index is 0.172. The van der Waals surface area contributed by atoms with E-state index in [0.29, 0.717) is 5.92 Å². The van der Waals surface area contributed by atoms with Crippen molar-refractivity contribution in [1.82, 2.24) is 5.32 Å². The molecular weight excluding hydrogens is 198 g/mol. The molecule has 0 spiro atoms.